The number of pyridine rings is 1. The fourth-order valence-corrected chi connectivity index (χ4v) is 7.06. The number of guanidine groups is 1. The number of aromatic nitrogens is 5. The minimum Gasteiger partial charge on any atom is -0.508 e. The number of aromatic carboxylic acids is 1. The van der Waals surface area contributed by atoms with E-state index in [4.69, 9.17) is 15.2 Å². The second-order valence-corrected chi connectivity index (χ2v) is 16.2. The maximum Gasteiger partial charge on any atom is 0.335 e. The van der Waals surface area contributed by atoms with Gasteiger partial charge >= 0.3 is 5.97 Å². The van der Waals surface area contributed by atoms with E-state index in [0.717, 1.165) is 34.1 Å². The SMILES string of the molecule is CC(C)(C)C1=NN(/C(=N/c2nnc(C(C)(C)C)s2)N(CCCn2ccnc2)Cc2cccnc2)C(c2ccccc2O)S1.O=C(O)c1ccccc1.[Zn]. The molecule has 2 aromatic carbocycles. The van der Waals surface area contributed by atoms with Gasteiger partial charge in [0.05, 0.1) is 11.9 Å². The van der Waals surface area contributed by atoms with Gasteiger partial charge in [-0.15, -0.1) is 10.2 Å². The average molecular weight is 805 g/mol. The summed E-state index contributed by atoms with van der Waals surface area (Å²) in [5.41, 5.74) is 1.81. The van der Waals surface area contributed by atoms with Crippen LogP contribution in [0, 0.1) is 5.41 Å². The molecule has 2 N–H and O–H groups in total. The van der Waals surface area contributed by atoms with Crippen molar-refractivity contribution in [3.05, 3.63) is 120 Å². The van der Waals surface area contributed by atoms with Gasteiger partial charge in [0.2, 0.25) is 11.1 Å². The molecule has 0 spiro atoms. The Morgan fingerprint density at radius 1 is 0.925 bits per heavy atom. The van der Waals surface area contributed by atoms with Crippen molar-refractivity contribution in [1.29, 1.82) is 0 Å². The Hall–Kier alpha value is -4.46. The summed E-state index contributed by atoms with van der Waals surface area (Å²) >= 11 is 3.12. The Morgan fingerprint density at radius 3 is 2.25 bits per heavy atom. The molecule has 0 fully saturated rings. The Kier molecular flexibility index (Phi) is 14.4. The number of aliphatic imine (C=N–C) groups is 1. The number of imidazole rings is 1. The molecule has 0 amide bonds. The number of hydrogen-bond donors (Lipinski definition) is 2. The average Bonchev–Trinajstić information content (AvgIpc) is 3.90. The van der Waals surface area contributed by atoms with E-state index in [2.05, 4.69) is 77.2 Å². The molecule has 1 aliphatic rings. The number of aryl methyl sites for hydroxylation is 1. The summed E-state index contributed by atoms with van der Waals surface area (Å²) in [6, 6.07) is 19.8. The second-order valence-electron chi connectivity index (χ2n) is 14.2. The summed E-state index contributed by atoms with van der Waals surface area (Å²) < 4.78 is 2.08. The maximum atomic E-state index is 11.0. The van der Waals surface area contributed by atoms with Gasteiger partial charge in [-0.05, 0) is 36.2 Å². The van der Waals surface area contributed by atoms with Crippen molar-refractivity contribution < 1.29 is 34.5 Å². The summed E-state index contributed by atoms with van der Waals surface area (Å²) in [6.07, 6.45) is 10.1. The van der Waals surface area contributed by atoms with Crippen LogP contribution < -0.4 is 0 Å². The molecule has 0 aliphatic carbocycles. The first kappa shape index (κ1) is 41.3. The molecule has 0 bridgehead atoms. The number of carboxylic acid groups (broad SMARTS) is 1. The fourth-order valence-electron chi connectivity index (χ4n) is 5.02. The van der Waals surface area contributed by atoms with Crippen molar-refractivity contribution in [3.63, 3.8) is 0 Å². The van der Waals surface area contributed by atoms with E-state index < -0.39 is 5.97 Å². The third-order valence-corrected chi connectivity index (χ3v) is 10.6. The van der Waals surface area contributed by atoms with Crippen LogP contribution in [-0.4, -0.2) is 68.4 Å². The number of hydrazone groups is 1. The van der Waals surface area contributed by atoms with Gasteiger partial charge in [0.1, 0.15) is 21.2 Å². The molecule has 1 atom stereocenters. The van der Waals surface area contributed by atoms with Gasteiger partial charge in [0.15, 0.2) is 0 Å². The quantitative estimate of drug-likeness (QED) is 0.0850. The number of nitrogens with zero attached hydrogens (tertiary/aromatic N) is 9. The van der Waals surface area contributed by atoms with Crippen molar-refractivity contribution in [3.8, 4) is 5.75 Å². The second kappa shape index (κ2) is 18.5. The monoisotopic (exact) mass is 803 g/mol. The van der Waals surface area contributed by atoms with Crippen LogP contribution in [0.15, 0.2) is 108 Å². The molecule has 12 nitrogen and oxygen atoms in total. The molecule has 4 heterocycles. The van der Waals surface area contributed by atoms with Gasteiger partial charge in [0, 0.05) is 80.3 Å². The predicted molar refractivity (Wildman–Crippen MR) is 208 cm³/mol. The molecular formula is C38H45N9O3S2Zn. The van der Waals surface area contributed by atoms with Crippen LogP contribution in [0.5, 0.6) is 5.75 Å². The van der Waals surface area contributed by atoms with E-state index in [9.17, 15) is 9.90 Å². The predicted octanol–water partition coefficient (Wildman–Crippen LogP) is 8.20. The number of para-hydroxylation sites is 1. The van der Waals surface area contributed by atoms with Gasteiger partial charge in [-0.1, -0.05) is 107 Å². The van der Waals surface area contributed by atoms with Gasteiger partial charge in [-0.25, -0.2) is 14.8 Å². The number of hydrogen-bond acceptors (Lipinski definition) is 10. The number of carboxylic acids is 1. The van der Waals surface area contributed by atoms with Crippen molar-refractivity contribution >= 4 is 45.2 Å². The summed E-state index contributed by atoms with van der Waals surface area (Å²) in [6.45, 7) is 14.9. The van der Waals surface area contributed by atoms with Crippen molar-refractivity contribution in [2.75, 3.05) is 6.54 Å². The number of phenols is 1. The first-order valence-corrected chi connectivity index (χ1v) is 18.6. The van der Waals surface area contributed by atoms with Crippen LogP contribution in [0.25, 0.3) is 0 Å². The van der Waals surface area contributed by atoms with Gasteiger partial charge in [-0.3, -0.25) is 4.98 Å². The van der Waals surface area contributed by atoms with Gasteiger partial charge in [0.25, 0.3) is 0 Å². The zero-order valence-electron chi connectivity index (χ0n) is 31.0. The van der Waals surface area contributed by atoms with E-state index in [1.807, 2.05) is 48.0 Å². The number of phenolic OH excluding ortho intramolecular Hbond substituents is 1. The minimum absolute atomic E-state index is 0. The fraction of sp³-hybridized carbons (Fsp3) is 0.342. The van der Waals surface area contributed by atoms with Crippen molar-refractivity contribution in [2.45, 2.75) is 71.8 Å². The molecule has 274 valence electrons. The number of benzene rings is 2. The standard InChI is InChI=1S/C31H39N9OS2.C7H6O2.Zn/c1-30(2,3)26-35-36-28(43-26)34-29(39(20-22-11-9-14-32-19-22)17-10-16-38-18-15-33-21-38)40-25(23-12-7-8-13-24(23)41)42-27(37-40)31(4,5)6;8-7(9)6-4-2-1-3-5-6;/h7-9,11-15,18-19,21,25,41H,10,16-17,20H2,1-6H3;1-5H,(H,8,9);/b34-29+;;. The summed E-state index contributed by atoms with van der Waals surface area (Å²) in [5, 5.41) is 37.6. The first-order valence-electron chi connectivity index (χ1n) is 16.9. The molecular weight excluding hydrogens is 760 g/mol. The van der Waals surface area contributed by atoms with E-state index in [-0.39, 0.29) is 41.4 Å². The smallest absolute Gasteiger partial charge is 0.335 e. The van der Waals surface area contributed by atoms with Gasteiger partial charge < -0.3 is 19.7 Å². The molecule has 1 aliphatic heterocycles. The number of aromatic hydroxyl groups is 1. The molecule has 0 saturated heterocycles. The molecule has 1 unspecified atom stereocenters. The summed E-state index contributed by atoms with van der Waals surface area (Å²) in [7, 11) is 0. The van der Waals surface area contributed by atoms with Crippen LogP contribution in [0.1, 0.15) is 79.8 Å². The van der Waals surface area contributed by atoms with E-state index in [0.29, 0.717) is 29.7 Å². The van der Waals surface area contributed by atoms with Crippen LogP contribution in [0.2, 0.25) is 0 Å². The largest absolute Gasteiger partial charge is 0.508 e. The summed E-state index contributed by atoms with van der Waals surface area (Å²) in [5.74, 6) is -0.0127. The Balaban J connectivity index is 0.000000549. The van der Waals surface area contributed by atoms with Crippen LogP contribution in [0.3, 0.4) is 0 Å². The van der Waals surface area contributed by atoms with Crippen LogP contribution in [0.4, 0.5) is 5.13 Å². The Morgan fingerprint density at radius 2 is 1.66 bits per heavy atom. The molecule has 3 aromatic heterocycles. The van der Waals surface area contributed by atoms with E-state index >= 15 is 0 Å². The molecule has 0 radical (unpaired) electrons. The van der Waals surface area contributed by atoms with Crippen molar-refractivity contribution in [2.24, 2.45) is 15.5 Å². The molecule has 15 heteroatoms. The number of carbonyl (C=O) groups is 1. The normalized spacial score (nSPS) is 14.5. The Labute approximate surface area is 331 Å². The Bertz CT molecular complexity index is 1960. The topological polar surface area (TPSA) is 145 Å². The van der Waals surface area contributed by atoms with Crippen LogP contribution in [-0.2, 0) is 38.0 Å². The first-order chi connectivity index (χ1) is 24.8. The zero-order valence-corrected chi connectivity index (χ0v) is 35.6. The zero-order chi connectivity index (χ0) is 37.3. The van der Waals surface area contributed by atoms with Crippen molar-refractivity contribution in [1.82, 2.24) is 34.6 Å². The number of thioether (sulfide) groups is 1. The maximum absolute atomic E-state index is 11.0. The molecule has 53 heavy (non-hydrogen) atoms. The molecule has 5 aromatic rings. The van der Waals surface area contributed by atoms with Gasteiger partial charge in [-0.2, -0.15) is 10.1 Å². The molecule has 0 saturated carbocycles. The van der Waals surface area contributed by atoms with E-state index in [1.54, 1.807) is 60.6 Å². The molecule has 6 rings (SSSR count). The third-order valence-electron chi connectivity index (χ3n) is 7.75. The van der Waals surface area contributed by atoms with E-state index in [1.165, 1.54) is 11.3 Å². The number of rotatable bonds is 9. The summed E-state index contributed by atoms with van der Waals surface area (Å²) in [4.78, 5) is 26.2. The minimum atomic E-state index is -0.879. The third kappa shape index (κ3) is 11.5. The van der Waals surface area contributed by atoms with Crippen LogP contribution >= 0.6 is 23.1 Å².